The van der Waals surface area contributed by atoms with Crippen LogP contribution in [0.1, 0.15) is 41.0 Å². The molecule has 0 bridgehead atoms. The molecule has 1 atom stereocenters. The van der Waals surface area contributed by atoms with E-state index in [2.05, 4.69) is 23.6 Å². The fraction of sp³-hybridized carbons (Fsp3) is 1.00. The maximum Gasteiger partial charge on any atom is 0.145 e. The summed E-state index contributed by atoms with van der Waals surface area (Å²) in [5.74, 6) is 0. The van der Waals surface area contributed by atoms with Gasteiger partial charge < -0.3 is 4.43 Å². The Kier molecular flexibility index (Phi) is 18.2. The van der Waals surface area contributed by atoms with Crippen LogP contribution in [0.4, 0.5) is 0 Å². The molecule has 106 valence electrons. The molecule has 1 unspecified atom stereocenters. The predicted octanol–water partition coefficient (Wildman–Crippen LogP) is 0.840. The van der Waals surface area contributed by atoms with Crippen molar-refractivity contribution in [2.75, 3.05) is 26.4 Å². The minimum atomic E-state index is 0.143. The van der Waals surface area contributed by atoms with Gasteiger partial charge in [0, 0.05) is 6.61 Å². The highest BCUT2D eigenvalue weighted by Crippen LogP contribution is 2.02. The van der Waals surface area contributed by atoms with Crippen molar-refractivity contribution < 1.29 is 14.1 Å². The summed E-state index contributed by atoms with van der Waals surface area (Å²) in [7, 11) is 0.890. The Bertz CT molecular complexity index is 134. The van der Waals surface area contributed by atoms with E-state index in [0.717, 1.165) is 30.1 Å². The maximum absolute atomic E-state index is 5.34. The van der Waals surface area contributed by atoms with Crippen molar-refractivity contribution in [2.45, 2.75) is 47.2 Å². The van der Waals surface area contributed by atoms with E-state index in [1.165, 1.54) is 0 Å². The fourth-order valence-electron chi connectivity index (χ4n) is 1.08. The monoisotopic (exact) mass is 266 g/mol. The normalized spacial score (nSPS) is 12.4. The molecule has 17 heavy (non-hydrogen) atoms. The van der Waals surface area contributed by atoms with Crippen LogP contribution in [-0.2, 0) is 14.1 Å². The Hall–Kier alpha value is 0.0169. The molecule has 0 aliphatic heterocycles. The first-order valence-corrected chi connectivity index (χ1v) is 7.30. The van der Waals surface area contributed by atoms with Gasteiger partial charge in [-0.05, 0) is 39.0 Å². The number of rotatable bonds is 9. The van der Waals surface area contributed by atoms with E-state index in [1.807, 2.05) is 20.8 Å². The molecule has 0 saturated carbocycles. The van der Waals surface area contributed by atoms with Gasteiger partial charge in [0.25, 0.3) is 0 Å². The number of hydroxylamine groups is 2. The molecule has 0 amide bonds. The van der Waals surface area contributed by atoms with Gasteiger partial charge in [-0.1, -0.05) is 13.8 Å². The highest BCUT2D eigenvalue weighted by molar-refractivity contribution is 5.97. The lowest BCUT2D eigenvalue weighted by Gasteiger charge is -2.28. The molecule has 0 aromatic rings. The van der Waals surface area contributed by atoms with Gasteiger partial charge in [-0.25, -0.2) is 0 Å². The Morgan fingerprint density at radius 1 is 1.00 bits per heavy atom. The van der Waals surface area contributed by atoms with Gasteiger partial charge >= 0.3 is 0 Å². The van der Waals surface area contributed by atoms with Gasteiger partial charge in [0.2, 0.25) is 0 Å². The summed E-state index contributed by atoms with van der Waals surface area (Å²) in [6.07, 6.45) is 1.10. The van der Waals surface area contributed by atoms with Gasteiger partial charge in [0.15, 0.2) is 0 Å². The van der Waals surface area contributed by atoms with Crippen molar-refractivity contribution in [2.24, 2.45) is 0 Å². The van der Waals surface area contributed by atoms with Crippen LogP contribution in [0.2, 0.25) is 0 Å². The quantitative estimate of drug-likeness (QED) is 0.381. The first-order valence-electron chi connectivity index (χ1n) is 6.48. The van der Waals surface area contributed by atoms with E-state index in [-0.39, 0.29) is 6.17 Å². The molecule has 0 saturated heterocycles. The zero-order valence-electron chi connectivity index (χ0n) is 12.3. The van der Waals surface area contributed by atoms with Gasteiger partial charge in [0.1, 0.15) is 16.7 Å². The van der Waals surface area contributed by atoms with Crippen LogP contribution in [-0.4, -0.2) is 48.2 Å². The molecule has 0 aromatic heterocycles. The minimum Gasteiger partial charge on any atom is -0.428 e. The van der Waals surface area contributed by atoms with Crippen LogP contribution in [0, 0.1) is 0 Å². The summed E-state index contributed by atoms with van der Waals surface area (Å²) in [4.78, 5) is 10.7. The van der Waals surface area contributed by atoms with Crippen molar-refractivity contribution in [1.29, 1.82) is 0 Å². The van der Waals surface area contributed by atoms with Crippen LogP contribution in [0.15, 0.2) is 0 Å². The van der Waals surface area contributed by atoms with Crippen molar-refractivity contribution in [3.8, 4) is 0 Å². The Balaban J connectivity index is 0. The lowest BCUT2D eigenvalue weighted by Crippen LogP contribution is -2.45. The average Bonchev–Trinajstić information content (AvgIpc) is 2.36. The molecule has 5 nitrogen and oxygen atoms in total. The molecule has 0 spiro atoms. The molecular formula is C11H30N2O3Si. The van der Waals surface area contributed by atoms with Crippen molar-refractivity contribution >= 4 is 10.5 Å². The van der Waals surface area contributed by atoms with Gasteiger partial charge in [-0.3, -0.25) is 15.0 Å². The van der Waals surface area contributed by atoms with Crippen molar-refractivity contribution in [1.82, 2.24) is 10.5 Å². The first kappa shape index (κ1) is 19.4. The summed E-state index contributed by atoms with van der Waals surface area (Å²) < 4.78 is 4.68. The summed E-state index contributed by atoms with van der Waals surface area (Å²) in [5.41, 5.74) is 0. The van der Waals surface area contributed by atoms with Crippen molar-refractivity contribution in [3.05, 3.63) is 0 Å². The predicted molar refractivity (Wildman–Crippen MR) is 74.4 cm³/mol. The third-order valence-corrected chi connectivity index (χ3v) is 2.46. The largest absolute Gasteiger partial charge is 0.428 e. The van der Waals surface area contributed by atoms with E-state index in [1.54, 1.807) is 5.23 Å². The molecule has 0 heterocycles. The molecular weight excluding hydrogens is 236 g/mol. The number of nitrogens with one attached hydrogen (secondary N) is 1. The second kappa shape index (κ2) is 16.0. The average molecular weight is 266 g/mol. The fourth-order valence-corrected chi connectivity index (χ4v) is 1.08. The lowest BCUT2D eigenvalue weighted by molar-refractivity contribution is -0.389. The lowest BCUT2D eigenvalue weighted by atomic mass is 10.4. The van der Waals surface area contributed by atoms with Crippen LogP contribution in [0.25, 0.3) is 0 Å². The second-order valence-corrected chi connectivity index (χ2v) is 3.76. The standard InChI is InChI=1S/C9H22N2O2.C2H8OSi/c1-5-9(10-6-2)11(12-7-3)13-8-4;1-2-3-4/h9-10H,5-8H2,1-4H3;2H2,1,4H3. The smallest absolute Gasteiger partial charge is 0.145 e. The van der Waals surface area contributed by atoms with Gasteiger partial charge in [-0.15, -0.1) is 0 Å². The second-order valence-electron chi connectivity index (χ2n) is 3.18. The van der Waals surface area contributed by atoms with Crippen LogP contribution >= 0.6 is 0 Å². The minimum absolute atomic E-state index is 0.143. The zero-order chi connectivity index (χ0) is 13.5. The topological polar surface area (TPSA) is 43.0 Å². The number of nitrogens with zero attached hydrogens (tertiary/aromatic N) is 1. The van der Waals surface area contributed by atoms with E-state index in [4.69, 9.17) is 9.68 Å². The Morgan fingerprint density at radius 2 is 1.47 bits per heavy atom. The van der Waals surface area contributed by atoms with Crippen molar-refractivity contribution in [3.63, 3.8) is 0 Å². The number of hydrogen-bond acceptors (Lipinski definition) is 5. The third-order valence-electron chi connectivity index (χ3n) is 1.88. The Labute approximate surface area is 109 Å². The molecule has 6 heteroatoms. The maximum atomic E-state index is 5.34. The van der Waals surface area contributed by atoms with Crippen LogP contribution in [0.5, 0.6) is 0 Å². The molecule has 0 rings (SSSR count). The zero-order valence-corrected chi connectivity index (χ0v) is 14.3. The van der Waals surface area contributed by atoms with Gasteiger partial charge in [0.05, 0.1) is 13.2 Å². The number of hydrogen-bond donors (Lipinski definition) is 1. The molecule has 0 fully saturated rings. The molecule has 0 aliphatic carbocycles. The Morgan fingerprint density at radius 3 is 1.71 bits per heavy atom. The molecule has 0 radical (unpaired) electrons. The summed E-state index contributed by atoms with van der Waals surface area (Å²) in [6.45, 7) is 13.1. The van der Waals surface area contributed by atoms with E-state index in [0.29, 0.717) is 13.2 Å². The van der Waals surface area contributed by atoms with Gasteiger partial charge in [-0.2, -0.15) is 0 Å². The van der Waals surface area contributed by atoms with Crippen LogP contribution < -0.4 is 5.32 Å². The van der Waals surface area contributed by atoms with E-state index < -0.39 is 0 Å². The summed E-state index contributed by atoms with van der Waals surface area (Å²) >= 11 is 0. The first-order chi connectivity index (χ1) is 8.21. The SMILES string of the molecule is CCNC(CC)N(OCC)OCC.CCO[SiH3]. The molecule has 1 N–H and O–H groups in total. The highest BCUT2D eigenvalue weighted by Gasteiger charge is 2.16. The van der Waals surface area contributed by atoms with E-state index in [9.17, 15) is 0 Å². The summed E-state index contributed by atoms with van der Waals surface area (Å²) in [5, 5.41) is 4.84. The third kappa shape index (κ3) is 12.3. The summed E-state index contributed by atoms with van der Waals surface area (Å²) in [6, 6.07) is 0. The van der Waals surface area contributed by atoms with E-state index >= 15 is 0 Å². The molecule has 0 aliphatic rings. The van der Waals surface area contributed by atoms with Crippen LogP contribution in [0.3, 0.4) is 0 Å². The highest BCUT2D eigenvalue weighted by atomic mass is 28.2. The molecule has 0 aromatic carbocycles.